The van der Waals surface area contributed by atoms with Crippen molar-refractivity contribution in [3.05, 3.63) is 0 Å². The highest BCUT2D eigenvalue weighted by Gasteiger charge is 2.37. The zero-order valence-electron chi connectivity index (χ0n) is 9.68. The van der Waals surface area contributed by atoms with Crippen LogP contribution in [-0.2, 0) is 0 Å². The van der Waals surface area contributed by atoms with Crippen LogP contribution in [0.3, 0.4) is 0 Å². The van der Waals surface area contributed by atoms with Crippen LogP contribution in [0, 0.1) is 5.92 Å². The monoisotopic (exact) mass is 220 g/mol. The molecule has 1 fully saturated rings. The average molecular weight is 220 g/mol. The molecule has 0 aromatic rings. The second kappa shape index (κ2) is 5.21. The van der Waals surface area contributed by atoms with Gasteiger partial charge in [-0.2, -0.15) is 0 Å². The smallest absolute Gasteiger partial charge is 0.256 e. The van der Waals surface area contributed by atoms with Gasteiger partial charge in [0.05, 0.1) is 5.54 Å². The summed E-state index contributed by atoms with van der Waals surface area (Å²) in [5, 5.41) is 0. The maximum absolute atomic E-state index is 12.7. The van der Waals surface area contributed by atoms with Gasteiger partial charge in [-0.15, -0.1) is 0 Å². The van der Waals surface area contributed by atoms with Gasteiger partial charge in [0.2, 0.25) is 0 Å². The number of rotatable bonds is 3. The van der Waals surface area contributed by atoms with Crippen molar-refractivity contribution in [1.29, 1.82) is 0 Å². The summed E-state index contributed by atoms with van der Waals surface area (Å²) in [5.41, 5.74) is 4.47. The van der Waals surface area contributed by atoms with Gasteiger partial charge in [-0.1, -0.05) is 13.8 Å². The van der Waals surface area contributed by atoms with Gasteiger partial charge in [-0.3, -0.25) is 0 Å². The minimum atomic E-state index is -2.39. The summed E-state index contributed by atoms with van der Waals surface area (Å²) in [4.78, 5) is 2.25. The van der Waals surface area contributed by atoms with Crippen LogP contribution in [0.2, 0.25) is 0 Å². The second-order valence-electron chi connectivity index (χ2n) is 5.08. The SMILES string of the molecule is CC(C)CN1CCCC(N)(C(F)F)CC1. The molecular weight excluding hydrogens is 198 g/mol. The minimum absolute atomic E-state index is 0.414. The molecule has 0 radical (unpaired) electrons. The lowest BCUT2D eigenvalue weighted by molar-refractivity contribution is 0.0445. The van der Waals surface area contributed by atoms with E-state index in [4.69, 9.17) is 5.73 Å². The van der Waals surface area contributed by atoms with Crippen LogP contribution in [0.5, 0.6) is 0 Å². The number of nitrogens with zero attached hydrogens (tertiary/aromatic N) is 1. The number of alkyl halides is 2. The topological polar surface area (TPSA) is 29.3 Å². The quantitative estimate of drug-likeness (QED) is 0.789. The normalized spacial score (nSPS) is 29.8. The molecule has 90 valence electrons. The van der Waals surface area contributed by atoms with Gasteiger partial charge in [0.25, 0.3) is 6.43 Å². The van der Waals surface area contributed by atoms with Crippen molar-refractivity contribution in [2.24, 2.45) is 11.7 Å². The predicted octanol–water partition coefficient (Wildman–Crippen LogP) is 2.09. The number of nitrogens with two attached hydrogens (primary N) is 1. The fraction of sp³-hybridized carbons (Fsp3) is 1.00. The van der Waals surface area contributed by atoms with E-state index in [1.54, 1.807) is 0 Å². The third kappa shape index (κ3) is 3.68. The summed E-state index contributed by atoms with van der Waals surface area (Å²) in [5.74, 6) is 0.585. The van der Waals surface area contributed by atoms with Crippen molar-refractivity contribution >= 4 is 0 Å². The van der Waals surface area contributed by atoms with Crippen molar-refractivity contribution in [1.82, 2.24) is 4.90 Å². The van der Waals surface area contributed by atoms with Crippen LogP contribution >= 0.6 is 0 Å². The van der Waals surface area contributed by atoms with Gasteiger partial charge in [0, 0.05) is 13.1 Å². The van der Waals surface area contributed by atoms with Crippen molar-refractivity contribution in [3.63, 3.8) is 0 Å². The van der Waals surface area contributed by atoms with E-state index >= 15 is 0 Å². The molecule has 1 unspecified atom stereocenters. The zero-order valence-corrected chi connectivity index (χ0v) is 9.68. The Kier molecular flexibility index (Phi) is 4.46. The van der Waals surface area contributed by atoms with Crippen LogP contribution in [0.4, 0.5) is 8.78 Å². The van der Waals surface area contributed by atoms with Crippen molar-refractivity contribution in [2.75, 3.05) is 19.6 Å². The van der Waals surface area contributed by atoms with Crippen molar-refractivity contribution in [2.45, 2.75) is 45.1 Å². The molecule has 1 heterocycles. The Bertz CT molecular complexity index is 197. The van der Waals surface area contributed by atoms with E-state index in [0.717, 1.165) is 19.5 Å². The molecule has 0 aromatic heterocycles. The van der Waals surface area contributed by atoms with Crippen LogP contribution in [0.1, 0.15) is 33.1 Å². The Labute approximate surface area is 90.8 Å². The Hall–Kier alpha value is -0.220. The Morgan fingerprint density at radius 1 is 1.27 bits per heavy atom. The Balaban J connectivity index is 2.48. The maximum Gasteiger partial charge on any atom is 0.256 e. The fourth-order valence-corrected chi connectivity index (χ4v) is 2.15. The molecule has 2 nitrogen and oxygen atoms in total. The molecule has 1 saturated heterocycles. The van der Waals surface area contributed by atoms with E-state index in [9.17, 15) is 8.78 Å². The molecule has 15 heavy (non-hydrogen) atoms. The lowest BCUT2D eigenvalue weighted by Gasteiger charge is -2.27. The van der Waals surface area contributed by atoms with Gasteiger partial charge in [0.15, 0.2) is 0 Å². The first-order chi connectivity index (χ1) is 6.94. The highest BCUT2D eigenvalue weighted by Crippen LogP contribution is 2.26. The molecule has 0 aliphatic carbocycles. The second-order valence-corrected chi connectivity index (χ2v) is 5.08. The molecule has 0 bridgehead atoms. The van der Waals surface area contributed by atoms with Gasteiger partial charge in [-0.05, 0) is 31.7 Å². The molecule has 1 aliphatic heterocycles. The average Bonchev–Trinajstić information content (AvgIpc) is 2.29. The maximum atomic E-state index is 12.7. The third-order valence-electron chi connectivity index (χ3n) is 3.07. The number of likely N-dealkylation sites (tertiary alicyclic amines) is 1. The molecule has 0 amide bonds. The summed E-state index contributed by atoms with van der Waals surface area (Å²) >= 11 is 0. The van der Waals surface area contributed by atoms with Crippen LogP contribution in [-0.4, -0.2) is 36.5 Å². The number of hydrogen-bond acceptors (Lipinski definition) is 2. The van der Waals surface area contributed by atoms with Gasteiger partial charge in [-0.25, -0.2) is 8.78 Å². The molecule has 4 heteroatoms. The van der Waals surface area contributed by atoms with Crippen molar-refractivity contribution in [3.8, 4) is 0 Å². The van der Waals surface area contributed by atoms with Gasteiger partial charge in [0.1, 0.15) is 0 Å². The van der Waals surface area contributed by atoms with E-state index in [1.165, 1.54) is 0 Å². The largest absolute Gasteiger partial charge is 0.320 e. The van der Waals surface area contributed by atoms with E-state index in [0.29, 0.717) is 25.3 Å². The van der Waals surface area contributed by atoms with E-state index in [1.807, 2.05) is 0 Å². The first-order valence-corrected chi connectivity index (χ1v) is 5.73. The molecule has 2 N–H and O–H groups in total. The molecule has 0 aromatic carbocycles. The zero-order chi connectivity index (χ0) is 11.5. The molecule has 1 atom stereocenters. The lowest BCUT2D eigenvalue weighted by atomic mass is 9.92. The summed E-state index contributed by atoms with van der Waals surface area (Å²) in [6.07, 6.45) is -0.749. The Morgan fingerprint density at radius 3 is 2.47 bits per heavy atom. The predicted molar refractivity (Wildman–Crippen MR) is 58.1 cm³/mol. The lowest BCUT2D eigenvalue weighted by Crippen LogP contribution is -2.47. The van der Waals surface area contributed by atoms with Crippen LogP contribution in [0.25, 0.3) is 0 Å². The summed E-state index contributed by atoms with van der Waals surface area (Å²) in [6.45, 7) is 6.89. The third-order valence-corrected chi connectivity index (χ3v) is 3.07. The van der Waals surface area contributed by atoms with Crippen LogP contribution in [0.15, 0.2) is 0 Å². The van der Waals surface area contributed by atoms with E-state index in [-0.39, 0.29) is 0 Å². The first-order valence-electron chi connectivity index (χ1n) is 5.73. The summed E-state index contributed by atoms with van der Waals surface area (Å²) in [7, 11) is 0. The highest BCUT2D eigenvalue weighted by molar-refractivity contribution is 4.90. The van der Waals surface area contributed by atoms with Crippen molar-refractivity contribution < 1.29 is 8.78 Å². The molecular formula is C11H22F2N2. The van der Waals surface area contributed by atoms with Gasteiger partial charge >= 0.3 is 0 Å². The number of hydrogen-bond donors (Lipinski definition) is 1. The molecule has 0 spiro atoms. The molecule has 1 aliphatic rings. The molecule has 0 saturated carbocycles. The fourth-order valence-electron chi connectivity index (χ4n) is 2.15. The van der Waals surface area contributed by atoms with E-state index in [2.05, 4.69) is 18.7 Å². The summed E-state index contributed by atoms with van der Waals surface area (Å²) < 4.78 is 25.5. The minimum Gasteiger partial charge on any atom is -0.320 e. The van der Waals surface area contributed by atoms with Gasteiger partial charge < -0.3 is 10.6 Å². The van der Waals surface area contributed by atoms with E-state index < -0.39 is 12.0 Å². The first kappa shape index (κ1) is 12.8. The molecule has 1 rings (SSSR count). The van der Waals surface area contributed by atoms with Crippen LogP contribution < -0.4 is 5.73 Å². The summed E-state index contributed by atoms with van der Waals surface area (Å²) in [6, 6.07) is 0. The highest BCUT2D eigenvalue weighted by atomic mass is 19.3. The number of halogens is 2. The Morgan fingerprint density at radius 2 is 1.93 bits per heavy atom. The standard InChI is InChI=1S/C11H22F2N2/c1-9(2)8-15-6-3-4-11(14,5-7-15)10(12)13/h9-10H,3-8,14H2,1-2H3.